The van der Waals surface area contributed by atoms with Gasteiger partial charge in [0.2, 0.25) is 10.0 Å². The highest BCUT2D eigenvalue weighted by molar-refractivity contribution is 7.89. The number of sulfonamides is 1. The maximum absolute atomic E-state index is 13.2. The molecule has 30 heavy (non-hydrogen) atoms. The number of methoxy groups -OCH3 is 1. The van der Waals surface area contributed by atoms with Crippen LogP contribution in [0.25, 0.3) is 0 Å². The molecule has 0 radical (unpaired) electrons. The minimum absolute atomic E-state index is 0.140. The SMILES string of the molecule is COc1ccc2c(c1)CCN1C[C@@H]3CCCN(S(=O)(=O)CCCCCCCl)[C@@H]3C[C@@H]21. The largest absolute Gasteiger partial charge is 0.497 e. The fraction of sp³-hybridized carbons (Fsp3) is 0.739. The van der Waals surface area contributed by atoms with Gasteiger partial charge in [-0.1, -0.05) is 18.9 Å². The van der Waals surface area contributed by atoms with Crippen LogP contribution in [0.4, 0.5) is 0 Å². The van der Waals surface area contributed by atoms with Crippen LogP contribution in [0.3, 0.4) is 0 Å². The van der Waals surface area contributed by atoms with Gasteiger partial charge in [0.1, 0.15) is 5.75 Å². The van der Waals surface area contributed by atoms with Gasteiger partial charge < -0.3 is 4.74 Å². The molecule has 0 amide bonds. The third kappa shape index (κ3) is 4.67. The van der Waals surface area contributed by atoms with Crippen LogP contribution in [-0.2, 0) is 16.4 Å². The molecule has 3 aliphatic heterocycles. The van der Waals surface area contributed by atoms with Crippen LogP contribution in [0.1, 0.15) is 62.1 Å². The molecule has 0 bridgehead atoms. The summed E-state index contributed by atoms with van der Waals surface area (Å²) in [7, 11) is -1.49. The molecule has 0 spiro atoms. The molecule has 0 aliphatic carbocycles. The first-order valence-electron chi connectivity index (χ1n) is 11.5. The summed E-state index contributed by atoms with van der Waals surface area (Å²) < 4.78 is 33.8. The first-order valence-corrected chi connectivity index (χ1v) is 13.6. The summed E-state index contributed by atoms with van der Waals surface area (Å²) in [6, 6.07) is 6.87. The molecular weight excluding hydrogens is 420 g/mol. The van der Waals surface area contributed by atoms with Crippen molar-refractivity contribution in [1.29, 1.82) is 0 Å². The lowest BCUT2D eigenvalue weighted by atomic mass is 9.77. The Balaban J connectivity index is 1.49. The van der Waals surface area contributed by atoms with Gasteiger partial charge in [0.25, 0.3) is 0 Å². The highest BCUT2D eigenvalue weighted by Gasteiger charge is 2.45. The molecule has 0 N–H and O–H groups in total. The van der Waals surface area contributed by atoms with Crippen molar-refractivity contribution in [3.8, 4) is 5.75 Å². The molecule has 4 rings (SSSR count). The molecule has 1 aromatic carbocycles. The second-order valence-electron chi connectivity index (χ2n) is 9.06. The molecule has 7 heteroatoms. The lowest BCUT2D eigenvalue weighted by molar-refractivity contribution is 0.0219. The lowest BCUT2D eigenvalue weighted by Gasteiger charge is -2.51. The van der Waals surface area contributed by atoms with E-state index < -0.39 is 10.0 Å². The Kier molecular flexibility index (Phi) is 7.28. The Morgan fingerprint density at radius 2 is 2.00 bits per heavy atom. The van der Waals surface area contributed by atoms with E-state index in [-0.39, 0.29) is 11.8 Å². The zero-order chi connectivity index (χ0) is 21.1. The van der Waals surface area contributed by atoms with Gasteiger partial charge in [-0.25, -0.2) is 8.42 Å². The minimum Gasteiger partial charge on any atom is -0.497 e. The zero-order valence-corrected chi connectivity index (χ0v) is 19.6. The van der Waals surface area contributed by atoms with E-state index in [1.165, 1.54) is 11.1 Å². The van der Waals surface area contributed by atoms with Crippen molar-refractivity contribution in [1.82, 2.24) is 9.21 Å². The highest BCUT2D eigenvalue weighted by Crippen LogP contribution is 2.44. The van der Waals surface area contributed by atoms with E-state index in [9.17, 15) is 8.42 Å². The van der Waals surface area contributed by atoms with E-state index in [1.54, 1.807) is 7.11 Å². The molecule has 1 aromatic rings. The number of unbranched alkanes of at least 4 members (excludes halogenated alkanes) is 3. The summed E-state index contributed by atoms with van der Waals surface area (Å²) >= 11 is 5.74. The fourth-order valence-electron chi connectivity index (χ4n) is 5.71. The molecule has 5 nitrogen and oxygen atoms in total. The summed E-state index contributed by atoms with van der Waals surface area (Å²) in [5, 5.41) is 0. The number of benzene rings is 1. The van der Waals surface area contributed by atoms with Crippen LogP contribution < -0.4 is 4.74 Å². The van der Waals surface area contributed by atoms with Crippen molar-refractivity contribution < 1.29 is 13.2 Å². The standard InChI is InChI=1S/C23H35ClN2O3S/c1-29-20-8-9-21-18(15-20)10-13-25-17-19-7-6-12-26(22(19)16-23(21)25)30(27,28)14-5-3-2-4-11-24/h8-9,15,19,22-23H,2-7,10-14,16-17H2,1H3/t19-,22+,23-/m0/s1. The van der Waals surface area contributed by atoms with Crippen molar-refractivity contribution in [3.05, 3.63) is 29.3 Å². The summed E-state index contributed by atoms with van der Waals surface area (Å²) in [5.41, 5.74) is 2.73. The predicted molar refractivity (Wildman–Crippen MR) is 122 cm³/mol. The molecule has 3 heterocycles. The Bertz CT molecular complexity index is 832. The molecule has 0 saturated carbocycles. The van der Waals surface area contributed by atoms with Crippen molar-refractivity contribution in [3.63, 3.8) is 0 Å². The van der Waals surface area contributed by atoms with Gasteiger partial charge >= 0.3 is 0 Å². The van der Waals surface area contributed by atoms with Gasteiger partial charge in [0.05, 0.1) is 12.9 Å². The Morgan fingerprint density at radius 1 is 1.17 bits per heavy atom. The van der Waals surface area contributed by atoms with E-state index in [0.717, 1.165) is 70.2 Å². The van der Waals surface area contributed by atoms with Gasteiger partial charge in [-0.05, 0) is 67.7 Å². The monoisotopic (exact) mass is 454 g/mol. The number of fused-ring (bicyclic) bond motifs is 4. The first-order chi connectivity index (χ1) is 14.5. The number of ether oxygens (including phenoxy) is 1. The maximum Gasteiger partial charge on any atom is 0.214 e. The van der Waals surface area contributed by atoms with Gasteiger partial charge in [-0.2, -0.15) is 4.31 Å². The molecule has 0 aromatic heterocycles. The number of alkyl halides is 1. The second-order valence-corrected chi connectivity index (χ2v) is 11.5. The third-order valence-electron chi connectivity index (χ3n) is 7.26. The number of piperidine rings is 2. The average molecular weight is 455 g/mol. The second kappa shape index (κ2) is 9.76. The van der Waals surface area contributed by atoms with E-state index >= 15 is 0 Å². The Hall–Kier alpha value is -0.820. The number of hydrogen-bond donors (Lipinski definition) is 0. The maximum atomic E-state index is 13.2. The normalized spacial score (nSPS) is 27.2. The van der Waals surface area contributed by atoms with Gasteiger partial charge in [0, 0.05) is 37.6 Å². The molecule has 3 atom stereocenters. The summed E-state index contributed by atoms with van der Waals surface area (Å²) in [6.45, 7) is 2.76. The minimum atomic E-state index is -3.20. The number of nitrogens with zero attached hydrogens (tertiary/aromatic N) is 2. The number of halogens is 1. The average Bonchev–Trinajstić information content (AvgIpc) is 2.76. The van der Waals surface area contributed by atoms with E-state index in [0.29, 0.717) is 24.4 Å². The smallest absolute Gasteiger partial charge is 0.214 e. The first kappa shape index (κ1) is 22.4. The fourth-order valence-corrected chi connectivity index (χ4v) is 7.78. The molecule has 168 valence electrons. The third-order valence-corrected chi connectivity index (χ3v) is 9.50. The summed E-state index contributed by atoms with van der Waals surface area (Å²) in [6.07, 6.45) is 7.76. The van der Waals surface area contributed by atoms with Gasteiger partial charge in [0.15, 0.2) is 0 Å². The van der Waals surface area contributed by atoms with Crippen molar-refractivity contribution in [2.45, 2.75) is 63.5 Å². The van der Waals surface area contributed by atoms with Crippen LogP contribution in [0.5, 0.6) is 5.75 Å². The number of hydrogen-bond acceptors (Lipinski definition) is 4. The van der Waals surface area contributed by atoms with Crippen molar-refractivity contribution in [2.24, 2.45) is 5.92 Å². The molecule has 2 saturated heterocycles. The molecule has 2 fully saturated rings. The highest BCUT2D eigenvalue weighted by atomic mass is 35.5. The van der Waals surface area contributed by atoms with Crippen LogP contribution >= 0.6 is 11.6 Å². The zero-order valence-electron chi connectivity index (χ0n) is 18.1. The Morgan fingerprint density at radius 3 is 2.80 bits per heavy atom. The van der Waals surface area contributed by atoms with E-state index in [4.69, 9.17) is 16.3 Å². The summed E-state index contributed by atoms with van der Waals surface area (Å²) in [5.74, 6) is 2.31. The van der Waals surface area contributed by atoms with E-state index in [2.05, 4.69) is 17.0 Å². The van der Waals surface area contributed by atoms with Crippen molar-refractivity contribution >= 4 is 21.6 Å². The van der Waals surface area contributed by atoms with Gasteiger partial charge in [-0.3, -0.25) is 4.90 Å². The van der Waals surface area contributed by atoms with E-state index in [1.807, 2.05) is 10.4 Å². The quantitative estimate of drug-likeness (QED) is 0.436. The van der Waals surface area contributed by atoms with Crippen LogP contribution in [-0.4, -0.2) is 62.0 Å². The molecule has 3 aliphatic rings. The topological polar surface area (TPSA) is 49.9 Å². The molecule has 0 unspecified atom stereocenters. The predicted octanol–water partition coefficient (Wildman–Crippen LogP) is 4.21. The van der Waals surface area contributed by atoms with Crippen LogP contribution in [0, 0.1) is 5.92 Å². The Labute approximate surface area is 186 Å². The molecular formula is C23H35ClN2O3S. The lowest BCUT2D eigenvalue weighted by Crippen LogP contribution is -2.57. The van der Waals surface area contributed by atoms with Crippen LogP contribution in [0.15, 0.2) is 18.2 Å². The summed E-state index contributed by atoms with van der Waals surface area (Å²) in [4.78, 5) is 2.60. The number of rotatable bonds is 8. The van der Waals surface area contributed by atoms with Gasteiger partial charge in [-0.15, -0.1) is 11.6 Å². The van der Waals surface area contributed by atoms with Crippen molar-refractivity contribution in [2.75, 3.05) is 38.4 Å². The van der Waals surface area contributed by atoms with Crippen LogP contribution in [0.2, 0.25) is 0 Å².